The fourth-order valence-electron chi connectivity index (χ4n) is 4.83. The summed E-state index contributed by atoms with van der Waals surface area (Å²) in [6, 6.07) is 13.4. The van der Waals surface area contributed by atoms with Crippen LogP contribution >= 0.6 is 0 Å². The summed E-state index contributed by atoms with van der Waals surface area (Å²) in [5.41, 5.74) is 20.7. The molecule has 6 N–H and O–H groups in total. The monoisotopic (exact) mass is 579 g/mol. The number of halogens is 2. The van der Waals surface area contributed by atoms with Crippen LogP contribution in [-0.2, 0) is 22.5 Å². The van der Waals surface area contributed by atoms with Crippen molar-refractivity contribution in [3.8, 4) is 11.5 Å². The maximum atomic E-state index is 12.9. The van der Waals surface area contributed by atoms with Gasteiger partial charge in [-0.3, -0.25) is 26.4 Å². The van der Waals surface area contributed by atoms with Gasteiger partial charge in [-0.1, -0.05) is 25.1 Å². The molecule has 2 heterocycles. The number of esters is 1. The molecular weight excluding hydrogens is 541 g/mol. The molecule has 0 radical (unpaired) electrons. The molecule has 1 atom stereocenters. The topological polar surface area (TPSA) is 129 Å². The summed E-state index contributed by atoms with van der Waals surface area (Å²) in [4.78, 5) is 12.9. The highest BCUT2D eigenvalue weighted by atomic mass is 35.5. The van der Waals surface area contributed by atoms with Crippen molar-refractivity contribution < 1.29 is 53.0 Å². The lowest BCUT2D eigenvalue weighted by Crippen LogP contribution is -3.00. The van der Waals surface area contributed by atoms with E-state index in [1.165, 1.54) is 5.56 Å². The molecule has 4 rings (SSSR count). The van der Waals surface area contributed by atoms with Gasteiger partial charge in [-0.05, 0) is 42.3 Å². The van der Waals surface area contributed by atoms with Crippen molar-refractivity contribution in [1.29, 1.82) is 0 Å². The molecule has 1 fully saturated rings. The Labute approximate surface area is 242 Å². The van der Waals surface area contributed by atoms with E-state index in [1.54, 1.807) is 6.92 Å². The van der Waals surface area contributed by atoms with E-state index in [-0.39, 0.29) is 37.5 Å². The van der Waals surface area contributed by atoms with Crippen LogP contribution in [-0.4, -0.2) is 59.3 Å². The number of amidine groups is 1. The van der Waals surface area contributed by atoms with Gasteiger partial charge in [-0.2, -0.15) is 0 Å². The summed E-state index contributed by atoms with van der Waals surface area (Å²) < 4.78 is 21.9. The highest BCUT2D eigenvalue weighted by Gasteiger charge is 2.26. The molecule has 9 nitrogen and oxygen atoms in total. The molecule has 1 unspecified atom stereocenters. The number of hydrogen-bond acceptors (Lipinski definition) is 4. The minimum Gasteiger partial charge on any atom is -1.00 e. The van der Waals surface area contributed by atoms with Gasteiger partial charge in [-0.25, -0.2) is 4.79 Å². The van der Waals surface area contributed by atoms with Gasteiger partial charge < -0.3 is 39.0 Å². The van der Waals surface area contributed by atoms with E-state index in [0.29, 0.717) is 23.8 Å². The Bertz CT molecular complexity index is 1170. The van der Waals surface area contributed by atoms with E-state index < -0.39 is 12.1 Å². The molecule has 214 valence electrons. The number of ether oxygens (including phenoxy) is 3. The van der Waals surface area contributed by atoms with Gasteiger partial charge in [0.15, 0.2) is 0 Å². The summed E-state index contributed by atoms with van der Waals surface area (Å²) in [5.74, 6) is 2.15. The van der Waals surface area contributed by atoms with Crippen molar-refractivity contribution in [2.24, 2.45) is 17.2 Å². The van der Waals surface area contributed by atoms with Crippen LogP contribution in [0.4, 0.5) is 0 Å². The minimum atomic E-state index is -0.895. The molecule has 39 heavy (non-hydrogen) atoms. The largest absolute Gasteiger partial charge is 1.00 e. The van der Waals surface area contributed by atoms with E-state index in [2.05, 4.69) is 11.5 Å². The lowest BCUT2D eigenvalue weighted by Gasteiger charge is -2.25. The van der Waals surface area contributed by atoms with Crippen molar-refractivity contribution in [3.05, 3.63) is 59.2 Å². The number of carbonyl (C=O) groups excluding carboxylic acids is 1. The van der Waals surface area contributed by atoms with E-state index in [4.69, 9.17) is 31.4 Å². The van der Waals surface area contributed by atoms with Gasteiger partial charge in [0.2, 0.25) is 11.9 Å². The number of guanidine groups is 1. The van der Waals surface area contributed by atoms with Crippen molar-refractivity contribution in [2.75, 3.05) is 26.2 Å². The fourth-order valence-corrected chi connectivity index (χ4v) is 4.83. The molecular formula is C28H39Cl2N5O4. The Morgan fingerprint density at radius 2 is 1.59 bits per heavy atom. The Morgan fingerprint density at radius 3 is 2.21 bits per heavy atom. The summed E-state index contributed by atoms with van der Waals surface area (Å²) in [7, 11) is 0. The second kappa shape index (κ2) is 14.8. The highest BCUT2D eigenvalue weighted by molar-refractivity contribution is 5.77. The Morgan fingerprint density at radius 1 is 0.923 bits per heavy atom. The first kappa shape index (κ1) is 32.0. The first-order valence-corrected chi connectivity index (χ1v) is 13.1. The van der Waals surface area contributed by atoms with Crippen LogP contribution in [0.25, 0.3) is 0 Å². The number of rotatable bonds is 8. The normalized spacial score (nSPS) is 17.0. The Balaban J connectivity index is 0.00000267. The predicted molar refractivity (Wildman–Crippen MR) is 142 cm³/mol. The quantitative estimate of drug-likeness (QED) is 0.165. The molecule has 11 heteroatoms. The fraction of sp³-hybridized carbons (Fsp3) is 0.464. The van der Waals surface area contributed by atoms with Gasteiger partial charge in [0.1, 0.15) is 17.6 Å². The standard InChI is InChI=1S/C28H37N5O4.2ClH/c1-3-25(29)32-15-12-23(13-16-32)36-22-8-6-20(7-9-22)26(27(34)35-4-2)37-24-10-5-19-11-14-33(28(30)31)18-21(19)17-24;;/h5-10,17,23,26,29H,3-4,11-16,18H2,1-2H3,(H3,30,31);2*1H. The van der Waals surface area contributed by atoms with Crippen LogP contribution in [0.1, 0.15) is 55.9 Å². The van der Waals surface area contributed by atoms with Crippen LogP contribution in [0, 0.1) is 0 Å². The Kier molecular flexibility index (Phi) is 12.2. The van der Waals surface area contributed by atoms with E-state index >= 15 is 0 Å². The third-order valence-corrected chi connectivity index (χ3v) is 7.01. The number of piperidine rings is 1. The zero-order chi connectivity index (χ0) is 26.4. The summed E-state index contributed by atoms with van der Waals surface area (Å²) in [6.07, 6.45) is 2.79. The van der Waals surface area contributed by atoms with Gasteiger partial charge in [0, 0.05) is 31.2 Å². The number of carbonyl (C=O) groups is 1. The van der Waals surface area contributed by atoms with Crippen molar-refractivity contribution in [3.63, 3.8) is 0 Å². The van der Waals surface area contributed by atoms with E-state index in [0.717, 1.165) is 62.5 Å². The summed E-state index contributed by atoms with van der Waals surface area (Å²) in [6.45, 7) is 7.30. The predicted octanol–water partition coefficient (Wildman–Crippen LogP) is -3.96. The van der Waals surface area contributed by atoms with Gasteiger partial charge in [0.25, 0.3) is 0 Å². The molecule has 0 aromatic heterocycles. The average Bonchev–Trinajstić information content (AvgIpc) is 2.92. The van der Waals surface area contributed by atoms with E-state index in [1.807, 2.05) is 47.0 Å². The van der Waals surface area contributed by atoms with E-state index in [9.17, 15) is 4.79 Å². The molecule has 0 aliphatic carbocycles. The molecule has 0 saturated carbocycles. The van der Waals surface area contributed by atoms with Crippen LogP contribution in [0.5, 0.6) is 11.5 Å². The zero-order valence-corrected chi connectivity index (χ0v) is 24.1. The average molecular weight is 581 g/mol. The smallest absolute Gasteiger partial charge is 0.352 e. The number of nitrogens with two attached hydrogens (primary N) is 3. The number of nitrogens with zero attached hydrogens (tertiary/aromatic N) is 2. The number of fused-ring (bicyclic) bond motifs is 1. The lowest BCUT2D eigenvalue weighted by atomic mass is 10.0. The van der Waals surface area contributed by atoms with Crippen LogP contribution in [0.3, 0.4) is 0 Å². The maximum absolute atomic E-state index is 12.9. The van der Waals surface area contributed by atoms with Crippen LogP contribution in [0.2, 0.25) is 0 Å². The molecule has 0 spiro atoms. The number of hydrogen-bond donors (Lipinski definition) is 3. The van der Waals surface area contributed by atoms with Gasteiger partial charge in [-0.15, -0.1) is 0 Å². The Hall–Kier alpha value is -3.17. The molecule has 2 aliphatic heterocycles. The highest BCUT2D eigenvalue weighted by Crippen LogP contribution is 2.29. The molecule has 1 saturated heterocycles. The SMILES string of the molecule is CCOC(=O)C(Oc1ccc2c(c1)C[N+](=C(N)N)CC2)c1ccc(OC2CC[N+](=C(N)CC)CC2)cc1.[Cl-].[Cl-]. The minimum absolute atomic E-state index is 0. The third-order valence-electron chi connectivity index (χ3n) is 7.01. The van der Waals surface area contributed by atoms with Crippen molar-refractivity contribution in [2.45, 2.75) is 58.3 Å². The molecule has 2 aromatic carbocycles. The molecule has 2 aliphatic rings. The van der Waals surface area contributed by atoms with Gasteiger partial charge in [0.05, 0.1) is 32.8 Å². The molecule has 0 bridgehead atoms. The maximum Gasteiger partial charge on any atom is 0.352 e. The third kappa shape index (κ3) is 8.16. The lowest BCUT2D eigenvalue weighted by molar-refractivity contribution is -0.549. The van der Waals surface area contributed by atoms with Crippen molar-refractivity contribution >= 4 is 17.8 Å². The van der Waals surface area contributed by atoms with Crippen LogP contribution in [0.15, 0.2) is 42.5 Å². The van der Waals surface area contributed by atoms with Gasteiger partial charge >= 0.3 is 11.9 Å². The van der Waals surface area contributed by atoms with Crippen molar-refractivity contribution in [1.82, 2.24) is 0 Å². The second-order valence-corrected chi connectivity index (χ2v) is 9.50. The number of benzene rings is 2. The van der Waals surface area contributed by atoms with Crippen LogP contribution < -0.4 is 51.5 Å². The first-order chi connectivity index (χ1) is 17.9. The zero-order valence-electron chi connectivity index (χ0n) is 22.6. The molecule has 0 amide bonds. The summed E-state index contributed by atoms with van der Waals surface area (Å²) >= 11 is 0. The first-order valence-electron chi connectivity index (χ1n) is 13.1. The summed E-state index contributed by atoms with van der Waals surface area (Å²) in [5, 5.41) is 0. The molecule has 2 aromatic rings. The second-order valence-electron chi connectivity index (χ2n) is 9.50.